The van der Waals surface area contributed by atoms with Crippen molar-refractivity contribution < 1.29 is 5.11 Å². The first-order chi connectivity index (χ1) is 15.5. The molecule has 0 saturated carbocycles. The fraction of sp³-hybridized carbons (Fsp3) is 0.148. The number of benzene rings is 3. The van der Waals surface area contributed by atoms with Gasteiger partial charge in [0.25, 0.3) is 0 Å². The number of pyridine rings is 1. The molecule has 0 atom stereocenters. The van der Waals surface area contributed by atoms with Gasteiger partial charge in [0.05, 0.1) is 17.6 Å². The summed E-state index contributed by atoms with van der Waals surface area (Å²) in [5, 5.41) is 21.9. The molecule has 2 heterocycles. The zero-order valence-electron chi connectivity index (χ0n) is 18.4. The number of hydrogen-bond acceptors (Lipinski definition) is 4. The molecule has 3 aromatic carbocycles. The van der Waals surface area contributed by atoms with E-state index in [-0.39, 0.29) is 5.88 Å². The van der Waals surface area contributed by atoms with Gasteiger partial charge in [-0.05, 0) is 55.7 Å². The highest BCUT2D eigenvalue weighted by Gasteiger charge is 2.17. The molecule has 2 aromatic heterocycles. The lowest BCUT2D eigenvalue weighted by molar-refractivity contribution is 0.429. The van der Waals surface area contributed by atoms with Gasteiger partial charge in [0.15, 0.2) is 11.5 Å². The number of nitrogens with zero attached hydrogens (tertiary/aromatic N) is 4. The van der Waals surface area contributed by atoms with Crippen molar-refractivity contribution in [3.63, 3.8) is 0 Å². The van der Waals surface area contributed by atoms with Crippen LogP contribution in [0.4, 0.5) is 11.5 Å². The van der Waals surface area contributed by atoms with Crippen molar-refractivity contribution in [2.45, 2.75) is 27.3 Å². The molecule has 0 saturated heterocycles. The summed E-state index contributed by atoms with van der Waals surface area (Å²) in [6, 6.07) is 24.1. The van der Waals surface area contributed by atoms with Gasteiger partial charge in [-0.25, -0.2) is 4.98 Å². The average Bonchev–Trinajstić information content (AvgIpc) is 3.05. The van der Waals surface area contributed by atoms with Crippen LogP contribution in [0.2, 0.25) is 0 Å². The molecule has 32 heavy (non-hydrogen) atoms. The number of fused-ring (bicyclic) bond motifs is 2. The average molecular weight is 421 g/mol. The number of para-hydroxylation sites is 1. The smallest absolute Gasteiger partial charge is 0.221 e. The van der Waals surface area contributed by atoms with Gasteiger partial charge >= 0.3 is 0 Å². The van der Waals surface area contributed by atoms with E-state index >= 15 is 0 Å². The Balaban J connectivity index is 1.59. The van der Waals surface area contributed by atoms with Crippen molar-refractivity contribution in [3.05, 3.63) is 95.1 Å². The number of hydrogen-bond donors (Lipinski definition) is 1. The van der Waals surface area contributed by atoms with Crippen molar-refractivity contribution in [2.24, 2.45) is 10.2 Å². The topological polar surface area (TPSA) is 62.8 Å². The minimum Gasteiger partial charge on any atom is -0.493 e. The van der Waals surface area contributed by atoms with Crippen LogP contribution < -0.4 is 0 Å². The summed E-state index contributed by atoms with van der Waals surface area (Å²) >= 11 is 0. The second-order valence-corrected chi connectivity index (χ2v) is 8.24. The molecule has 5 aromatic rings. The van der Waals surface area contributed by atoms with Crippen LogP contribution in [0.5, 0.6) is 5.88 Å². The first-order valence-corrected chi connectivity index (χ1v) is 10.7. The van der Waals surface area contributed by atoms with Crippen molar-refractivity contribution in [2.75, 3.05) is 0 Å². The maximum absolute atomic E-state index is 11.0. The predicted molar refractivity (Wildman–Crippen MR) is 129 cm³/mol. The first-order valence-electron chi connectivity index (χ1n) is 10.7. The van der Waals surface area contributed by atoms with E-state index in [1.54, 1.807) is 0 Å². The molecule has 0 aliphatic carbocycles. The summed E-state index contributed by atoms with van der Waals surface area (Å²) in [6.45, 7) is 6.76. The number of aromatic nitrogens is 2. The molecule has 0 aliphatic rings. The lowest BCUT2D eigenvalue weighted by Gasteiger charge is -2.07. The lowest BCUT2D eigenvalue weighted by Crippen LogP contribution is -1.98. The van der Waals surface area contributed by atoms with E-state index in [4.69, 9.17) is 4.98 Å². The fourth-order valence-corrected chi connectivity index (χ4v) is 4.28. The number of rotatable bonds is 4. The molecule has 5 heteroatoms. The molecular formula is C27H24N4O. The minimum absolute atomic E-state index is 0.100. The van der Waals surface area contributed by atoms with E-state index < -0.39 is 0 Å². The number of aryl methyl sites for hydroxylation is 3. The van der Waals surface area contributed by atoms with Crippen LogP contribution in [-0.4, -0.2) is 14.7 Å². The SMILES string of the molecule is Cc1cc(C)c2nc(N=Nc3c(O)n(Cc4ccccc4)c4ccccc34)cc(C)c2c1. The highest BCUT2D eigenvalue weighted by atomic mass is 16.3. The van der Waals surface area contributed by atoms with Gasteiger partial charge in [0, 0.05) is 10.8 Å². The Morgan fingerprint density at radius 1 is 0.812 bits per heavy atom. The van der Waals surface area contributed by atoms with E-state index in [9.17, 15) is 5.11 Å². The molecule has 158 valence electrons. The molecule has 0 amide bonds. The minimum atomic E-state index is 0.100. The van der Waals surface area contributed by atoms with Crippen LogP contribution in [0.15, 0.2) is 83.0 Å². The summed E-state index contributed by atoms with van der Waals surface area (Å²) in [4.78, 5) is 4.73. The molecule has 0 radical (unpaired) electrons. The summed E-state index contributed by atoms with van der Waals surface area (Å²) < 4.78 is 1.87. The molecule has 5 rings (SSSR count). The summed E-state index contributed by atoms with van der Waals surface area (Å²) in [5.74, 6) is 0.629. The van der Waals surface area contributed by atoms with Crippen LogP contribution in [0.3, 0.4) is 0 Å². The third-order valence-electron chi connectivity index (χ3n) is 5.80. The summed E-state index contributed by atoms with van der Waals surface area (Å²) in [7, 11) is 0. The van der Waals surface area contributed by atoms with Crippen molar-refractivity contribution in [1.29, 1.82) is 0 Å². The lowest BCUT2D eigenvalue weighted by atomic mass is 10.0. The molecular weight excluding hydrogens is 396 g/mol. The van der Waals surface area contributed by atoms with Crippen LogP contribution in [-0.2, 0) is 6.54 Å². The molecule has 0 spiro atoms. The van der Waals surface area contributed by atoms with Gasteiger partial charge in [-0.15, -0.1) is 10.2 Å². The second kappa shape index (κ2) is 7.93. The van der Waals surface area contributed by atoms with Crippen LogP contribution >= 0.6 is 0 Å². The van der Waals surface area contributed by atoms with E-state index in [1.807, 2.05) is 65.2 Å². The largest absolute Gasteiger partial charge is 0.493 e. The van der Waals surface area contributed by atoms with Gasteiger partial charge < -0.3 is 9.67 Å². The Labute approximate surface area is 186 Å². The Morgan fingerprint density at radius 2 is 1.56 bits per heavy atom. The molecule has 0 aliphatic heterocycles. The highest BCUT2D eigenvalue weighted by molar-refractivity contribution is 5.95. The molecule has 0 unspecified atom stereocenters. The predicted octanol–water partition coefficient (Wildman–Crippen LogP) is 7.28. The van der Waals surface area contributed by atoms with E-state index in [1.165, 1.54) is 5.56 Å². The van der Waals surface area contributed by atoms with Crippen molar-refractivity contribution in [1.82, 2.24) is 9.55 Å². The van der Waals surface area contributed by atoms with Crippen LogP contribution in [0, 0.1) is 20.8 Å². The maximum atomic E-state index is 11.0. The Bertz CT molecular complexity index is 1480. The van der Waals surface area contributed by atoms with E-state index in [2.05, 4.69) is 43.1 Å². The van der Waals surface area contributed by atoms with Crippen molar-refractivity contribution in [3.8, 4) is 5.88 Å². The van der Waals surface area contributed by atoms with E-state index in [0.29, 0.717) is 18.1 Å². The molecule has 1 N–H and O–H groups in total. The van der Waals surface area contributed by atoms with E-state index in [0.717, 1.165) is 38.5 Å². The van der Waals surface area contributed by atoms with Gasteiger partial charge in [-0.1, -0.05) is 60.2 Å². The first kappa shape index (κ1) is 19.9. The van der Waals surface area contributed by atoms with Gasteiger partial charge in [-0.3, -0.25) is 0 Å². The number of azo groups is 1. The third-order valence-corrected chi connectivity index (χ3v) is 5.80. The number of aromatic hydroxyl groups is 1. The monoisotopic (exact) mass is 420 g/mol. The fourth-order valence-electron chi connectivity index (χ4n) is 4.28. The third kappa shape index (κ3) is 3.52. The highest BCUT2D eigenvalue weighted by Crippen LogP contribution is 2.40. The quantitative estimate of drug-likeness (QED) is 0.310. The van der Waals surface area contributed by atoms with Gasteiger partial charge in [0.2, 0.25) is 5.88 Å². The Kier molecular flexibility index (Phi) is 4.94. The molecule has 0 bridgehead atoms. The molecule has 0 fully saturated rings. The van der Waals surface area contributed by atoms with Crippen molar-refractivity contribution >= 4 is 33.3 Å². The second-order valence-electron chi connectivity index (χ2n) is 8.24. The summed E-state index contributed by atoms with van der Waals surface area (Å²) in [5.41, 5.74) is 6.83. The molecule has 5 nitrogen and oxygen atoms in total. The Morgan fingerprint density at radius 3 is 2.38 bits per heavy atom. The normalized spacial score (nSPS) is 11.7. The van der Waals surface area contributed by atoms with Crippen LogP contribution in [0.1, 0.15) is 22.3 Å². The Hall–Kier alpha value is -3.99. The zero-order chi connectivity index (χ0) is 22.2. The van der Waals surface area contributed by atoms with Crippen LogP contribution in [0.25, 0.3) is 21.8 Å². The van der Waals surface area contributed by atoms with Gasteiger partial charge in [-0.2, -0.15) is 0 Å². The zero-order valence-corrected chi connectivity index (χ0v) is 18.4. The maximum Gasteiger partial charge on any atom is 0.221 e. The van der Waals surface area contributed by atoms with Gasteiger partial charge in [0.1, 0.15) is 0 Å². The standard InChI is InChI=1S/C27H24N4O/c1-17-13-19(3)25-22(14-17)18(2)15-24(28-25)29-30-26-21-11-7-8-12-23(21)31(27(26)32)16-20-9-5-4-6-10-20/h4-15,32H,16H2,1-3H3. The summed E-state index contributed by atoms with van der Waals surface area (Å²) in [6.07, 6.45) is 0.